The fourth-order valence-electron chi connectivity index (χ4n) is 2.87. The van der Waals surface area contributed by atoms with Crippen LogP contribution < -0.4 is 4.74 Å². The zero-order valence-electron chi connectivity index (χ0n) is 16.1. The van der Waals surface area contributed by atoms with Gasteiger partial charge in [-0.2, -0.15) is 0 Å². The summed E-state index contributed by atoms with van der Waals surface area (Å²) in [7, 11) is 1.55. The Bertz CT molecular complexity index is 990. The normalized spacial score (nSPS) is 16.1. The van der Waals surface area contributed by atoms with Crippen LogP contribution in [0.1, 0.15) is 26.3 Å². The highest BCUT2D eigenvalue weighted by Gasteiger charge is 2.37. The van der Waals surface area contributed by atoms with E-state index in [1.165, 1.54) is 0 Å². The molecule has 3 rings (SSSR count). The van der Waals surface area contributed by atoms with Crippen molar-refractivity contribution >= 4 is 45.7 Å². The molecule has 2 aromatic carbocycles. The third-order valence-electron chi connectivity index (χ3n) is 4.01. The molecular weight excluding hydrogens is 378 g/mol. The van der Waals surface area contributed by atoms with Crippen LogP contribution in [0.5, 0.6) is 5.75 Å². The molecule has 28 heavy (non-hydrogen) atoms. The van der Waals surface area contributed by atoms with Gasteiger partial charge in [-0.3, -0.25) is 19.3 Å². The molecule has 1 saturated heterocycles. The second-order valence-corrected chi connectivity index (χ2v) is 8.25. The van der Waals surface area contributed by atoms with Gasteiger partial charge in [0.15, 0.2) is 0 Å². The molecule has 1 heterocycles. The number of amides is 2. The molecule has 2 amide bonds. The number of imide groups is 1. The third kappa shape index (κ3) is 4.20. The lowest BCUT2D eigenvalue weighted by molar-refractivity contribution is -0.156. The van der Waals surface area contributed by atoms with E-state index in [4.69, 9.17) is 9.47 Å². The largest absolute Gasteiger partial charge is 0.496 e. The zero-order valence-corrected chi connectivity index (χ0v) is 17.0. The first kappa shape index (κ1) is 19.9. The molecule has 1 fully saturated rings. The fourth-order valence-corrected chi connectivity index (χ4v) is 3.69. The van der Waals surface area contributed by atoms with Gasteiger partial charge in [-0.15, -0.1) is 0 Å². The SMILES string of the molecule is COc1ccc2ccccc2c1/C=C1\SC(=O)N(CC(=O)OC(C)(C)C)C1=O. The maximum Gasteiger partial charge on any atom is 0.326 e. The first-order valence-corrected chi connectivity index (χ1v) is 9.54. The smallest absolute Gasteiger partial charge is 0.326 e. The number of carbonyl (C=O) groups is 3. The molecule has 0 unspecified atom stereocenters. The number of rotatable bonds is 4. The monoisotopic (exact) mass is 399 g/mol. The lowest BCUT2D eigenvalue weighted by atomic mass is 10.0. The summed E-state index contributed by atoms with van der Waals surface area (Å²) < 4.78 is 10.6. The minimum absolute atomic E-state index is 0.239. The minimum Gasteiger partial charge on any atom is -0.496 e. The Kier molecular flexibility index (Phi) is 5.47. The standard InChI is InChI=1S/C21H21NO5S/c1-21(2,3)27-18(23)12-22-19(24)17(28-20(22)25)11-15-14-8-6-5-7-13(14)9-10-16(15)26-4/h5-11H,12H2,1-4H3/b17-11-. The topological polar surface area (TPSA) is 72.9 Å². The number of hydrogen-bond acceptors (Lipinski definition) is 6. The van der Waals surface area contributed by atoms with Gasteiger partial charge in [-0.05, 0) is 55.4 Å². The molecule has 0 saturated carbocycles. The second kappa shape index (κ2) is 7.67. The van der Waals surface area contributed by atoms with Crippen LogP contribution in [0.3, 0.4) is 0 Å². The van der Waals surface area contributed by atoms with Gasteiger partial charge < -0.3 is 9.47 Å². The molecule has 0 N–H and O–H groups in total. The van der Waals surface area contributed by atoms with Crippen LogP contribution in [0.25, 0.3) is 16.8 Å². The molecule has 0 radical (unpaired) electrons. The Morgan fingerprint density at radius 1 is 1.14 bits per heavy atom. The Morgan fingerprint density at radius 3 is 2.54 bits per heavy atom. The zero-order chi connectivity index (χ0) is 20.5. The summed E-state index contributed by atoms with van der Waals surface area (Å²) in [6.07, 6.45) is 1.64. The summed E-state index contributed by atoms with van der Waals surface area (Å²) in [5.41, 5.74) is 0.0220. The van der Waals surface area contributed by atoms with Crippen molar-refractivity contribution < 1.29 is 23.9 Å². The molecule has 7 heteroatoms. The number of fused-ring (bicyclic) bond motifs is 1. The Hall–Kier alpha value is -2.80. The maximum atomic E-state index is 12.7. The van der Waals surface area contributed by atoms with Crippen molar-refractivity contribution in [2.24, 2.45) is 0 Å². The number of thioether (sulfide) groups is 1. The Labute approximate surface area is 167 Å². The van der Waals surface area contributed by atoms with Crippen LogP contribution in [0, 0.1) is 0 Å². The van der Waals surface area contributed by atoms with Gasteiger partial charge in [-0.1, -0.05) is 30.3 Å². The molecule has 0 spiro atoms. The van der Waals surface area contributed by atoms with Gasteiger partial charge >= 0.3 is 5.97 Å². The van der Waals surface area contributed by atoms with Crippen molar-refractivity contribution in [3.63, 3.8) is 0 Å². The molecular formula is C21H21NO5S. The van der Waals surface area contributed by atoms with Crippen LogP contribution in [-0.2, 0) is 14.3 Å². The van der Waals surface area contributed by atoms with Crippen molar-refractivity contribution in [3.05, 3.63) is 46.9 Å². The minimum atomic E-state index is -0.689. The first-order valence-electron chi connectivity index (χ1n) is 8.72. The van der Waals surface area contributed by atoms with Crippen LogP contribution in [-0.4, -0.2) is 41.3 Å². The Morgan fingerprint density at radius 2 is 1.86 bits per heavy atom. The molecule has 0 bridgehead atoms. The lowest BCUT2D eigenvalue weighted by Gasteiger charge is -2.21. The average molecular weight is 399 g/mol. The van der Waals surface area contributed by atoms with Crippen LogP contribution in [0.15, 0.2) is 41.3 Å². The van der Waals surface area contributed by atoms with Crippen LogP contribution in [0.2, 0.25) is 0 Å². The molecule has 1 aliphatic rings. The molecule has 0 atom stereocenters. The summed E-state index contributed by atoms with van der Waals surface area (Å²) in [5.74, 6) is -0.549. The van der Waals surface area contributed by atoms with Gasteiger partial charge in [0.25, 0.3) is 11.1 Å². The third-order valence-corrected chi connectivity index (χ3v) is 4.91. The van der Waals surface area contributed by atoms with Crippen molar-refractivity contribution in [2.45, 2.75) is 26.4 Å². The molecule has 0 aromatic heterocycles. The summed E-state index contributed by atoms with van der Waals surface area (Å²) >= 11 is 0.800. The molecule has 146 valence electrons. The van der Waals surface area contributed by atoms with E-state index >= 15 is 0 Å². The predicted octanol–water partition coefficient (Wildman–Crippen LogP) is 4.23. The number of esters is 1. The lowest BCUT2D eigenvalue weighted by Crippen LogP contribution is -2.37. The number of methoxy groups -OCH3 is 1. The highest BCUT2D eigenvalue weighted by molar-refractivity contribution is 8.18. The van der Waals surface area contributed by atoms with Gasteiger partial charge in [0.2, 0.25) is 0 Å². The van der Waals surface area contributed by atoms with Crippen LogP contribution >= 0.6 is 11.8 Å². The van der Waals surface area contributed by atoms with E-state index in [1.54, 1.807) is 34.0 Å². The highest BCUT2D eigenvalue weighted by Crippen LogP contribution is 2.36. The number of nitrogens with zero attached hydrogens (tertiary/aromatic N) is 1. The summed E-state index contributed by atoms with van der Waals surface area (Å²) in [6.45, 7) is 4.77. The van der Waals surface area contributed by atoms with E-state index in [0.29, 0.717) is 11.3 Å². The van der Waals surface area contributed by atoms with E-state index < -0.39 is 29.3 Å². The quantitative estimate of drug-likeness (QED) is 0.566. The number of ether oxygens (including phenoxy) is 2. The number of benzene rings is 2. The highest BCUT2D eigenvalue weighted by atomic mass is 32.2. The van der Waals surface area contributed by atoms with Crippen molar-refractivity contribution in [2.75, 3.05) is 13.7 Å². The van der Waals surface area contributed by atoms with E-state index in [9.17, 15) is 14.4 Å². The summed E-state index contributed by atoms with van der Waals surface area (Å²) in [4.78, 5) is 38.2. The van der Waals surface area contributed by atoms with Gasteiger partial charge in [-0.25, -0.2) is 0 Å². The van der Waals surface area contributed by atoms with E-state index in [-0.39, 0.29) is 4.91 Å². The average Bonchev–Trinajstić information content (AvgIpc) is 2.88. The molecule has 1 aliphatic heterocycles. The van der Waals surface area contributed by atoms with Crippen molar-refractivity contribution in [3.8, 4) is 5.75 Å². The molecule has 6 nitrogen and oxygen atoms in total. The maximum absolute atomic E-state index is 12.7. The van der Waals surface area contributed by atoms with Gasteiger partial charge in [0.05, 0.1) is 12.0 Å². The van der Waals surface area contributed by atoms with Gasteiger partial charge in [0, 0.05) is 5.56 Å². The fraction of sp³-hybridized carbons (Fsp3) is 0.286. The van der Waals surface area contributed by atoms with Crippen molar-refractivity contribution in [1.29, 1.82) is 0 Å². The summed E-state index contributed by atoms with van der Waals surface area (Å²) in [6, 6.07) is 11.5. The van der Waals surface area contributed by atoms with Gasteiger partial charge in [0.1, 0.15) is 17.9 Å². The van der Waals surface area contributed by atoms with Crippen LogP contribution in [0.4, 0.5) is 4.79 Å². The number of hydrogen-bond donors (Lipinski definition) is 0. The van der Waals surface area contributed by atoms with E-state index in [2.05, 4.69) is 0 Å². The second-order valence-electron chi connectivity index (χ2n) is 7.26. The molecule has 0 aliphatic carbocycles. The summed E-state index contributed by atoms with van der Waals surface area (Å²) in [5, 5.41) is 1.39. The predicted molar refractivity (Wildman–Crippen MR) is 109 cm³/mol. The molecule has 2 aromatic rings. The number of carbonyl (C=O) groups excluding carboxylic acids is 3. The first-order chi connectivity index (χ1) is 13.2. The Balaban J connectivity index is 1.92. The van der Waals surface area contributed by atoms with E-state index in [1.807, 2.05) is 36.4 Å². The van der Waals surface area contributed by atoms with E-state index in [0.717, 1.165) is 27.4 Å². The van der Waals surface area contributed by atoms with Crippen molar-refractivity contribution in [1.82, 2.24) is 4.90 Å².